The Morgan fingerprint density at radius 2 is 1.67 bits per heavy atom. The van der Waals surface area contributed by atoms with Crippen molar-refractivity contribution in [2.24, 2.45) is 0 Å². The number of nitrogens with one attached hydrogen (secondary N) is 1. The monoisotopic (exact) mass is 208 g/mol. The van der Waals surface area contributed by atoms with Crippen LogP contribution in [0.2, 0.25) is 0 Å². The molecule has 0 spiro atoms. The minimum absolute atomic E-state index is 0.172. The lowest BCUT2D eigenvalue weighted by Gasteiger charge is -2.41. The molecule has 1 heterocycles. The number of halogens is 1. The van der Waals surface area contributed by atoms with Crippen LogP contribution in [0, 0.1) is 5.82 Å². The first-order chi connectivity index (χ1) is 7.18. The first-order valence-electron chi connectivity index (χ1n) is 5.43. The van der Waals surface area contributed by atoms with E-state index in [1.807, 2.05) is 12.1 Å². The highest BCUT2D eigenvalue weighted by Crippen LogP contribution is 2.21. The number of hydrogen-bond donors (Lipinski definition) is 1. The molecule has 15 heavy (non-hydrogen) atoms. The number of rotatable bonds is 1. The third-order valence-electron chi connectivity index (χ3n) is 2.95. The molecule has 0 bridgehead atoms. The fourth-order valence-corrected chi connectivity index (χ4v) is 2.25. The second-order valence-electron chi connectivity index (χ2n) is 4.24. The largest absolute Gasteiger partial charge is 0.364 e. The maximum atomic E-state index is 12.8. The molecule has 1 aromatic carbocycles. The van der Waals surface area contributed by atoms with Crippen LogP contribution in [0.25, 0.3) is 0 Å². The lowest BCUT2D eigenvalue weighted by Crippen LogP contribution is -2.55. The van der Waals surface area contributed by atoms with Gasteiger partial charge in [-0.15, -0.1) is 0 Å². The van der Waals surface area contributed by atoms with Gasteiger partial charge >= 0.3 is 0 Å². The molecule has 0 amide bonds. The van der Waals surface area contributed by atoms with E-state index in [9.17, 15) is 4.39 Å². The van der Waals surface area contributed by atoms with Crippen LogP contribution in [0.1, 0.15) is 13.8 Å². The Labute approximate surface area is 90.1 Å². The van der Waals surface area contributed by atoms with Crippen molar-refractivity contribution in [2.45, 2.75) is 25.9 Å². The van der Waals surface area contributed by atoms with Gasteiger partial charge in [0.25, 0.3) is 0 Å². The van der Waals surface area contributed by atoms with Gasteiger partial charge in [0.2, 0.25) is 0 Å². The van der Waals surface area contributed by atoms with Crippen LogP contribution in [0.4, 0.5) is 10.1 Å². The van der Waals surface area contributed by atoms with E-state index in [-0.39, 0.29) is 5.82 Å². The van der Waals surface area contributed by atoms with Crippen LogP contribution in [0.15, 0.2) is 24.3 Å². The summed E-state index contributed by atoms with van der Waals surface area (Å²) in [7, 11) is 0. The van der Waals surface area contributed by atoms with Gasteiger partial charge in [-0.25, -0.2) is 4.39 Å². The van der Waals surface area contributed by atoms with Crippen molar-refractivity contribution >= 4 is 5.69 Å². The molecule has 2 nitrogen and oxygen atoms in total. The molecule has 3 heteroatoms. The standard InChI is InChI=1S/C12H17FN2/c1-9-7-14-8-10(2)15(9)12-5-3-11(13)4-6-12/h3-6,9-10,14H,7-8H2,1-2H3/t9-,10-/m0/s1. The third kappa shape index (κ3) is 2.12. The van der Waals surface area contributed by atoms with Crippen molar-refractivity contribution in [1.82, 2.24) is 5.32 Å². The lowest BCUT2D eigenvalue weighted by atomic mass is 10.1. The zero-order valence-corrected chi connectivity index (χ0v) is 9.20. The number of benzene rings is 1. The normalized spacial score (nSPS) is 26.7. The summed E-state index contributed by atoms with van der Waals surface area (Å²) in [6.07, 6.45) is 0. The molecule has 0 saturated carbocycles. The summed E-state index contributed by atoms with van der Waals surface area (Å²) >= 11 is 0. The Balaban J connectivity index is 2.23. The van der Waals surface area contributed by atoms with E-state index in [1.54, 1.807) is 0 Å². The average Bonchev–Trinajstić information content (AvgIpc) is 2.20. The number of piperazine rings is 1. The molecule has 0 unspecified atom stereocenters. The average molecular weight is 208 g/mol. The Hall–Kier alpha value is -1.09. The number of anilines is 1. The minimum Gasteiger partial charge on any atom is -0.364 e. The van der Waals surface area contributed by atoms with Gasteiger partial charge in [0.15, 0.2) is 0 Å². The molecule has 1 aliphatic rings. The fourth-order valence-electron chi connectivity index (χ4n) is 2.25. The molecule has 1 aromatic rings. The third-order valence-corrected chi connectivity index (χ3v) is 2.95. The van der Waals surface area contributed by atoms with Crippen molar-refractivity contribution in [3.05, 3.63) is 30.1 Å². The lowest BCUT2D eigenvalue weighted by molar-refractivity contribution is 0.432. The van der Waals surface area contributed by atoms with Gasteiger partial charge < -0.3 is 10.2 Å². The fraction of sp³-hybridized carbons (Fsp3) is 0.500. The van der Waals surface area contributed by atoms with Crippen LogP contribution in [-0.4, -0.2) is 25.2 Å². The van der Waals surface area contributed by atoms with Gasteiger partial charge in [-0.05, 0) is 38.1 Å². The molecule has 1 aliphatic heterocycles. The summed E-state index contributed by atoms with van der Waals surface area (Å²) in [5.41, 5.74) is 1.11. The SMILES string of the molecule is C[C@H]1CNC[C@H](C)N1c1ccc(F)cc1. The molecule has 1 fully saturated rings. The highest BCUT2D eigenvalue weighted by molar-refractivity contribution is 5.48. The molecular weight excluding hydrogens is 191 g/mol. The number of hydrogen-bond acceptors (Lipinski definition) is 2. The van der Waals surface area contributed by atoms with Crippen molar-refractivity contribution < 1.29 is 4.39 Å². The molecule has 1 N–H and O–H groups in total. The van der Waals surface area contributed by atoms with Gasteiger partial charge in [-0.2, -0.15) is 0 Å². The Morgan fingerprint density at radius 3 is 2.20 bits per heavy atom. The molecule has 1 saturated heterocycles. The minimum atomic E-state index is -0.172. The van der Waals surface area contributed by atoms with E-state index in [2.05, 4.69) is 24.1 Å². The molecule has 0 aromatic heterocycles. The Bertz CT molecular complexity index is 313. The van der Waals surface area contributed by atoms with Crippen molar-refractivity contribution in [1.29, 1.82) is 0 Å². The number of nitrogens with zero attached hydrogens (tertiary/aromatic N) is 1. The predicted octanol–water partition coefficient (Wildman–Crippen LogP) is 2.01. The first-order valence-corrected chi connectivity index (χ1v) is 5.43. The zero-order chi connectivity index (χ0) is 10.8. The summed E-state index contributed by atoms with van der Waals surface area (Å²) < 4.78 is 12.8. The van der Waals surface area contributed by atoms with E-state index in [0.29, 0.717) is 12.1 Å². The van der Waals surface area contributed by atoms with Gasteiger partial charge in [0.05, 0.1) is 0 Å². The van der Waals surface area contributed by atoms with Crippen molar-refractivity contribution in [3.63, 3.8) is 0 Å². The van der Waals surface area contributed by atoms with Crippen LogP contribution in [0.5, 0.6) is 0 Å². The van der Waals surface area contributed by atoms with Crippen LogP contribution < -0.4 is 10.2 Å². The molecule has 2 rings (SSSR count). The second kappa shape index (κ2) is 4.19. The first kappa shape index (κ1) is 10.4. The zero-order valence-electron chi connectivity index (χ0n) is 9.20. The molecule has 0 radical (unpaired) electrons. The Morgan fingerprint density at radius 1 is 1.13 bits per heavy atom. The second-order valence-corrected chi connectivity index (χ2v) is 4.24. The van der Waals surface area contributed by atoms with Gasteiger partial charge in [-0.1, -0.05) is 0 Å². The van der Waals surface area contributed by atoms with Crippen molar-refractivity contribution in [3.8, 4) is 0 Å². The summed E-state index contributed by atoms with van der Waals surface area (Å²) in [5.74, 6) is -0.172. The van der Waals surface area contributed by atoms with E-state index in [0.717, 1.165) is 18.8 Å². The molecule has 82 valence electrons. The van der Waals surface area contributed by atoms with E-state index in [1.165, 1.54) is 12.1 Å². The maximum absolute atomic E-state index is 12.8. The van der Waals surface area contributed by atoms with Gasteiger partial charge in [0, 0.05) is 30.9 Å². The van der Waals surface area contributed by atoms with Gasteiger partial charge in [0.1, 0.15) is 5.82 Å². The highest BCUT2D eigenvalue weighted by Gasteiger charge is 2.24. The van der Waals surface area contributed by atoms with Crippen molar-refractivity contribution in [2.75, 3.05) is 18.0 Å². The smallest absolute Gasteiger partial charge is 0.123 e. The summed E-state index contributed by atoms with van der Waals surface area (Å²) in [6, 6.07) is 7.67. The summed E-state index contributed by atoms with van der Waals surface area (Å²) in [4.78, 5) is 2.34. The highest BCUT2D eigenvalue weighted by atomic mass is 19.1. The van der Waals surface area contributed by atoms with Crippen LogP contribution in [-0.2, 0) is 0 Å². The molecule has 0 aliphatic carbocycles. The van der Waals surface area contributed by atoms with E-state index < -0.39 is 0 Å². The van der Waals surface area contributed by atoms with E-state index >= 15 is 0 Å². The Kier molecular flexibility index (Phi) is 2.91. The van der Waals surface area contributed by atoms with Crippen LogP contribution >= 0.6 is 0 Å². The topological polar surface area (TPSA) is 15.3 Å². The van der Waals surface area contributed by atoms with E-state index in [4.69, 9.17) is 0 Å². The maximum Gasteiger partial charge on any atom is 0.123 e. The quantitative estimate of drug-likeness (QED) is 0.759. The van der Waals surface area contributed by atoms with Gasteiger partial charge in [-0.3, -0.25) is 0 Å². The predicted molar refractivity (Wildman–Crippen MR) is 60.7 cm³/mol. The summed E-state index contributed by atoms with van der Waals surface area (Å²) in [6.45, 7) is 6.35. The molecular formula is C12H17FN2. The summed E-state index contributed by atoms with van der Waals surface area (Å²) in [5, 5.41) is 3.38. The van der Waals surface area contributed by atoms with Crippen LogP contribution in [0.3, 0.4) is 0 Å². The molecule has 2 atom stereocenters.